The number of hydroxylamine groups is 4. The molecule has 0 bridgehead atoms. The second-order valence-corrected chi connectivity index (χ2v) is 3.00. The van der Waals surface area contributed by atoms with Crippen molar-refractivity contribution in [3.05, 3.63) is 0 Å². The largest absolute Gasteiger partial charge is 0.275 e. The minimum Gasteiger partial charge on any atom is -0.275 e. The molecule has 15 heavy (non-hydrogen) atoms. The van der Waals surface area contributed by atoms with E-state index in [1.54, 1.807) is 0 Å². The first-order valence-corrected chi connectivity index (χ1v) is 4.64. The van der Waals surface area contributed by atoms with E-state index >= 15 is 0 Å². The van der Waals surface area contributed by atoms with Crippen LogP contribution in [-0.2, 0) is 19.3 Å². The first-order valence-electron chi connectivity index (χ1n) is 4.64. The molecule has 6 nitrogen and oxygen atoms in total. The fourth-order valence-electron chi connectivity index (χ4n) is 0.909. The molecule has 2 amide bonds. The summed E-state index contributed by atoms with van der Waals surface area (Å²) in [5.41, 5.74) is 0. The van der Waals surface area contributed by atoms with Gasteiger partial charge in [0.2, 0.25) is 11.8 Å². The molecule has 0 heterocycles. The zero-order valence-electron chi connectivity index (χ0n) is 9.65. The molecule has 0 aromatic heterocycles. The summed E-state index contributed by atoms with van der Waals surface area (Å²) in [5, 5.41) is 2.29. The molecule has 88 valence electrons. The van der Waals surface area contributed by atoms with Crippen molar-refractivity contribution in [2.24, 2.45) is 0 Å². The third-order valence-electron chi connectivity index (χ3n) is 2.03. The minimum absolute atomic E-state index is 0.148. The van der Waals surface area contributed by atoms with E-state index in [9.17, 15) is 9.59 Å². The summed E-state index contributed by atoms with van der Waals surface area (Å²) in [7, 11) is 5.90. The fourth-order valence-corrected chi connectivity index (χ4v) is 0.909. The summed E-state index contributed by atoms with van der Waals surface area (Å²) in [6.45, 7) is 0. The predicted molar refractivity (Wildman–Crippen MR) is 53.4 cm³/mol. The summed E-state index contributed by atoms with van der Waals surface area (Å²) in [6, 6.07) is 0. The average Bonchev–Trinajstić information content (AvgIpc) is 2.26. The summed E-state index contributed by atoms with van der Waals surface area (Å²) >= 11 is 0. The van der Waals surface area contributed by atoms with Crippen molar-refractivity contribution in [3.8, 4) is 0 Å². The Morgan fingerprint density at radius 1 is 0.933 bits per heavy atom. The van der Waals surface area contributed by atoms with Gasteiger partial charge in [0, 0.05) is 26.9 Å². The van der Waals surface area contributed by atoms with Crippen LogP contribution in [-0.4, -0.2) is 50.3 Å². The number of nitrogens with zero attached hydrogens (tertiary/aromatic N) is 2. The number of hydrogen-bond donors (Lipinski definition) is 0. The first-order chi connectivity index (χ1) is 7.02. The van der Waals surface area contributed by atoms with Gasteiger partial charge in [0.05, 0.1) is 14.2 Å². The second-order valence-electron chi connectivity index (χ2n) is 3.00. The maximum Gasteiger partial charge on any atom is 0.245 e. The van der Waals surface area contributed by atoms with E-state index in [1.165, 1.54) is 28.3 Å². The highest BCUT2D eigenvalue weighted by Gasteiger charge is 2.11. The summed E-state index contributed by atoms with van der Waals surface area (Å²) in [5.74, 6) is -0.296. The van der Waals surface area contributed by atoms with Crippen LogP contribution in [0.3, 0.4) is 0 Å². The number of rotatable bonds is 6. The molecular weight excluding hydrogens is 200 g/mol. The van der Waals surface area contributed by atoms with Crippen molar-refractivity contribution in [2.75, 3.05) is 28.3 Å². The van der Waals surface area contributed by atoms with Gasteiger partial charge < -0.3 is 0 Å². The highest BCUT2D eigenvalue weighted by Crippen LogP contribution is 2.02. The molecule has 0 spiro atoms. The van der Waals surface area contributed by atoms with Gasteiger partial charge in [0.1, 0.15) is 0 Å². The molecular formula is C9H18N2O4. The molecule has 0 unspecified atom stereocenters. The van der Waals surface area contributed by atoms with Crippen LogP contribution >= 0.6 is 0 Å². The SMILES string of the molecule is CON(C)C(=O)CCCC(=O)N(C)OC. The Kier molecular flexibility index (Phi) is 6.64. The van der Waals surface area contributed by atoms with Crippen LogP contribution in [0.5, 0.6) is 0 Å². The third kappa shape index (κ3) is 5.34. The van der Waals surface area contributed by atoms with E-state index in [0.717, 1.165) is 10.1 Å². The van der Waals surface area contributed by atoms with Crippen LogP contribution in [0.15, 0.2) is 0 Å². The molecule has 0 aromatic rings. The molecule has 0 aliphatic carbocycles. The van der Waals surface area contributed by atoms with Gasteiger partial charge in [-0.05, 0) is 6.42 Å². The van der Waals surface area contributed by atoms with Gasteiger partial charge in [-0.1, -0.05) is 0 Å². The van der Waals surface area contributed by atoms with Crippen LogP contribution in [0.25, 0.3) is 0 Å². The molecule has 0 saturated heterocycles. The van der Waals surface area contributed by atoms with Crippen LogP contribution in [0.2, 0.25) is 0 Å². The van der Waals surface area contributed by atoms with Crippen molar-refractivity contribution >= 4 is 11.8 Å². The van der Waals surface area contributed by atoms with E-state index in [0.29, 0.717) is 6.42 Å². The van der Waals surface area contributed by atoms with Gasteiger partial charge in [-0.2, -0.15) is 0 Å². The van der Waals surface area contributed by atoms with Crippen LogP contribution in [0.4, 0.5) is 0 Å². The Bertz CT molecular complexity index is 198. The number of amides is 2. The van der Waals surface area contributed by atoms with Crippen molar-refractivity contribution in [3.63, 3.8) is 0 Å². The van der Waals surface area contributed by atoms with Crippen molar-refractivity contribution in [1.82, 2.24) is 10.1 Å². The van der Waals surface area contributed by atoms with Gasteiger partial charge in [0.15, 0.2) is 0 Å². The normalized spacial score (nSPS) is 9.87. The van der Waals surface area contributed by atoms with E-state index < -0.39 is 0 Å². The maximum absolute atomic E-state index is 11.2. The van der Waals surface area contributed by atoms with Crippen LogP contribution in [0.1, 0.15) is 19.3 Å². The molecule has 6 heteroatoms. The van der Waals surface area contributed by atoms with E-state index in [2.05, 4.69) is 0 Å². The molecule has 0 saturated carbocycles. The molecule has 0 rings (SSSR count). The Morgan fingerprint density at radius 3 is 1.53 bits per heavy atom. The highest BCUT2D eigenvalue weighted by molar-refractivity contribution is 5.77. The smallest absolute Gasteiger partial charge is 0.245 e. The zero-order valence-corrected chi connectivity index (χ0v) is 9.65. The van der Waals surface area contributed by atoms with Gasteiger partial charge in [-0.15, -0.1) is 0 Å². The predicted octanol–water partition coefficient (Wildman–Crippen LogP) is 0.196. The summed E-state index contributed by atoms with van der Waals surface area (Å²) in [6.07, 6.45) is 1.06. The second kappa shape index (κ2) is 7.19. The molecule has 0 N–H and O–H groups in total. The molecule has 0 radical (unpaired) electrons. The van der Waals surface area contributed by atoms with Gasteiger partial charge >= 0.3 is 0 Å². The monoisotopic (exact) mass is 218 g/mol. The molecule has 0 atom stereocenters. The minimum atomic E-state index is -0.148. The van der Waals surface area contributed by atoms with Crippen LogP contribution < -0.4 is 0 Å². The lowest BCUT2D eigenvalue weighted by atomic mass is 10.2. The van der Waals surface area contributed by atoms with Gasteiger partial charge in [-0.3, -0.25) is 19.3 Å². The first kappa shape index (κ1) is 13.9. The Hall–Kier alpha value is -1.14. The lowest BCUT2D eigenvalue weighted by Crippen LogP contribution is -2.27. The maximum atomic E-state index is 11.2. The number of hydrogen-bond acceptors (Lipinski definition) is 4. The molecule has 0 aromatic carbocycles. The molecule has 0 fully saturated rings. The fraction of sp³-hybridized carbons (Fsp3) is 0.778. The average molecular weight is 218 g/mol. The topological polar surface area (TPSA) is 59.1 Å². The van der Waals surface area contributed by atoms with Gasteiger partial charge in [-0.25, -0.2) is 10.1 Å². The van der Waals surface area contributed by atoms with E-state index in [-0.39, 0.29) is 24.7 Å². The Labute approximate surface area is 89.6 Å². The van der Waals surface area contributed by atoms with Crippen molar-refractivity contribution in [1.29, 1.82) is 0 Å². The van der Waals surface area contributed by atoms with E-state index in [1.807, 2.05) is 0 Å². The Morgan fingerprint density at radius 2 is 1.27 bits per heavy atom. The Balaban J connectivity index is 3.70. The quantitative estimate of drug-likeness (QED) is 0.597. The summed E-state index contributed by atoms with van der Waals surface area (Å²) in [4.78, 5) is 31.9. The number of carbonyl (C=O) groups excluding carboxylic acids is 2. The lowest BCUT2D eigenvalue weighted by molar-refractivity contribution is -0.170. The number of carbonyl (C=O) groups is 2. The summed E-state index contributed by atoms with van der Waals surface area (Å²) < 4.78 is 0. The van der Waals surface area contributed by atoms with Gasteiger partial charge in [0.25, 0.3) is 0 Å². The lowest BCUT2D eigenvalue weighted by Gasteiger charge is -2.15. The van der Waals surface area contributed by atoms with Crippen molar-refractivity contribution < 1.29 is 19.3 Å². The van der Waals surface area contributed by atoms with E-state index in [4.69, 9.17) is 9.68 Å². The van der Waals surface area contributed by atoms with Crippen LogP contribution in [0, 0.1) is 0 Å². The van der Waals surface area contributed by atoms with Crippen molar-refractivity contribution in [2.45, 2.75) is 19.3 Å². The molecule has 0 aliphatic heterocycles. The standard InChI is InChI=1S/C9H18N2O4/c1-10(14-3)8(12)6-5-7-9(13)11(2)15-4/h5-7H2,1-4H3. The molecule has 0 aliphatic rings. The zero-order chi connectivity index (χ0) is 11.8. The highest BCUT2D eigenvalue weighted by atomic mass is 16.7. The third-order valence-corrected chi connectivity index (χ3v) is 2.03.